The van der Waals surface area contributed by atoms with E-state index < -0.39 is 11.9 Å². The summed E-state index contributed by atoms with van der Waals surface area (Å²) in [6.07, 6.45) is 2.62. The molecule has 1 aliphatic rings. The van der Waals surface area contributed by atoms with E-state index in [2.05, 4.69) is 11.5 Å². The van der Waals surface area contributed by atoms with E-state index in [0.717, 1.165) is 62.9 Å². The predicted molar refractivity (Wildman–Crippen MR) is 106 cm³/mol. The van der Waals surface area contributed by atoms with E-state index in [1.54, 1.807) is 7.11 Å². The van der Waals surface area contributed by atoms with Gasteiger partial charge in [0.25, 0.3) is 0 Å². The molecule has 0 unspecified atom stereocenters. The highest BCUT2D eigenvalue weighted by atomic mass is 16.5. The zero-order chi connectivity index (χ0) is 21.5. The van der Waals surface area contributed by atoms with Gasteiger partial charge >= 0.3 is 11.9 Å². The number of hydrogen-bond acceptors (Lipinski definition) is 7. The van der Waals surface area contributed by atoms with E-state index in [-0.39, 0.29) is 0 Å². The Kier molecular flexibility index (Phi) is 12.1. The lowest BCUT2D eigenvalue weighted by atomic mass is 10.1. The summed E-state index contributed by atoms with van der Waals surface area (Å²) in [5.41, 5.74) is 1.08. The molecular weight excluding hydrogens is 382 g/mol. The Labute approximate surface area is 170 Å². The topological polar surface area (TPSA) is 115 Å². The van der Waals surface area contributed by atoms with E-state index in [1.165, 1.54) is 0 Å². The van der Waals surface area contributed by atoms with E-state index in [0.29, 0.717) is 13.2 Å². The Bertz CT molecular complexity index is 631. The first kappa shape index (κ1) is 24.4. The van der Waals surface area contributed by atoms with Crippen molar-refractivity contribution in [3.63, 3.8) is 0 Å². The third-order valence-electron chi connectivity index (χ3n) is 3.96. The number of morpholine rings is 1. The Morgan fingerprint density at radius 1 is 1.17 bits per heavy atom. The molecule has 0 spiro atoms. The van der Waals surface area contributed by atoms with E-state index in [9.17, 15) is 0 Å². The first-order valence-corrected chi connectivity index (χ1v) is 9.22. The van der Waals surface area contributed by atoms with Gasteiger partial charge in [-0.2, -0.15) is 0 Å². The van der Waals surface area contributed by atoms with Crippen molar-refractivity contribution in [3.8, 4) is 11.5 Å². The van der Waals surface area contributed by atoms with Crippen LogP contribution >= 0.6 is 0 Å². The fraction of sp³-hybridized carbons (Fsp3) is 0.500. The van der Waals surface area contributed by atoms with E-state index >= 15 is 0 Å². The monoisotopic (exact) mass is 411 g/mol. The van der Waals surface area contributed by atoms with Gasteiger partial charge in [0, 0.05) is 25.2 Å². The molecule has 0 radical (unpaired) electrons. The van der Waals surface area contributed by atoms with Crippen LogP contribution in [0.5, 0.6) is 11.5 Å². The van der Waals surface area contributed by atoms with Gasteiger partial charge in [0.1, 0.15) is 18.1 Å². The van der Waals surface area contributed by atoms with Crippen LogP contribution in [0.15, 0.2) is 30.9 Å². The van der Waals surface area contributed by atoms with Gasteiger partial charge in [-0.15, -0.1) is 6.58 Å². The maximum Gasteiger partial charge on any atom is 0.414 e. The average Bonchev–Trinajstić information content (AvgIpc) is 2.72. The molecule has 0 atom stereocenters. The zero-order valence-electron chi connectivity index (χ0n) is 16.7. The molecule has 29 heavy (non-hydrogen) atoms. The second kappa shape index (κ2) is 14.4. The summed E-state index contributed by atoms with van der Waals surface area (Å²) in [5, 5.41) is 14.8. The minimum Gasteiger partial charge on any atom is -0.497 e. The molecule has 0 bridgehead atoms. The molecule has 9 nitrogen and oxygen atoms in total. The summed E-state index contributed by atoms with van der Waals surface area (Å²) in [7, 11) is 1.66. The quantitative estimate of drug-likeness (QED) is 0.334. The summed E-state index contributed by atoms with van der Waals surface area (Å²) in [4.78, 5) is 20.6. The lowest BCUT2D eigenvalue weighted by Crippen LogP contribution is -2.38. The molecular formula is C20H29NO8. The van der Waals surface area contributed by atoms with Crippen LogP contribution in [0.1, 0.15) is 5.56 Å². The van der Waals surface area contributed by atoms with Crippen molar-refractivity contribution in [2.24, 2.45) is 0 Å². The molecule has 1 heterocycles. The molecule has 1 aliphatic heterocycles. The lowest BCUT2D eigenvalue weighted by molar-refractivity contribution is -0.159. The van der Waals surface area contributed by atoms with Gasteiger partial charge in [0.15, 0.2) is 0 Å². The van der Waals surface area contributed by atoms with Crippen molar-refractivity contribution in [3.05, 3.63) is 36.4 Å². The predicted octanol–water partition coefficient (Wildman–Crippen LogP) is 1.31. The number of benzene rings is 1. The normalized spacial score (nSPS) is 13.7. The van der Waals surface area contributed by atoms with Crippen molar-refractivity contribution < 1.29 is 38.7 Å². The van der Waals surface area contributed by atoms with Crippen LogP contribution in [-0.4, -0.2) is 86.8 Å². The van der Waals surface area contributed by atoms with Gasteiger partial charge in [-0.1, -0.05) is 6.08 Å². The third-order valence-corrected chi connectivity index (χ3v) is 3.96. The first-order valence-electron chi connectivity index (χ1n) is 9.22. The highest BCUT2D eigenvalue weighted by Gasteiger charge is 2.09. The number of carbonyl (C=O) groups is 2. The lowest BCUT2D eigenvalue weighted by Gasteiger charge is -2.26. The van der Waals surface area contributed by atoms with Gasteiger partial charge in [-0.3, -0.25) is 4.90 Å². The van der Waals surface area contributed by atoms with Crippen LogP contribution in [0.25, 0.3) is 0 Å². The standard InChI is InChI=1S/C18H27NO4.C2H2O4/c1-3-4-16-15-17(20-2)5-6-18(16)23-14-13-22-12-9-19-7-10-21-11-8-19;3-1(4)2(5)6/h3,5-6,15H,1,4,7-14H2,2H3;(H,3,4)(H,5,6). The number of methoxy groups -OCH3 is 1. The van der Waals surface area contributed by atoms with Crippen molar-refractivity contribution in [2.45, 2.75) is 6.42 Å². The number of hydrogen-bond donors (Lipinski definition) is 2. The molecule has 9 heteroatoms. The van der Waals surface area contributed by atoms with Crippen LogP contribution < -0.4 is 9.47 Å². The number of allylic oxidation sites excluding steroid dienone is 1. The molecule has 1 fully saturated rings. The van der Waals surface area contributed by atoms with Crippen LogP contribution in [0.4, 0.5) is 0 Å². The van der Waals surface area contributed by atoms with Crippen LogP contribution in [0.3, 0.4) is 0 Å². The van der Waals surface area contributed by atoms with Crippen molar-refractivity contribution >= 4 is 11.9 Å². The second-order valence-electron chi connectivity index (χ2n) is 5.99. The number of nitrogens with zero attached hydrogens (tertiary/aromatic N) is 1. The van der Waals surface area contributed by atoms with E-state index in [4.69, 9.17) is 38.7 Å². The maximum absolute atomic E-state index is 9.10. The molecule has 162 valence electrons. The van der Waals surface area contributed by atoms with Gasteiger partial charge in [0.2, 0.25) is 0 Å². The van der Waals surface area contributed by atoms with Crippen molar-refractivity contribution in [1.29, 1.82) is 0 Å². The molecule has 0 saturated carbocycles. The summed E-state index contributed by atoms with van der Waals surface area (Å²) < 4.78 is 22.0. The number of carboxylic acids is 2. The molecule has 2 rings (SSSR count). The van der Waals surface area contributed by atoms with Gasteiger partial charge < -0.3 is 29.2 Å². The first-order chi connectivity index (χ1) is 14.0. The SMILES string of the molecule is C=CCc1cc(OC)ccc1OCCOCCN1CCOCC1.O=C(O)C(=O)O. The Morgan fingerprint density at radius 2 is 1.86 bits per heavy atom. The zero-order valence-corrected chi connectivity index (χ0v) is 16.7. The van der Waals surface area contributed by atoms with Gasteiger partial charge in [-0.05, 0) is 24.6 Å². The maximum atomic E-state index is 9.10. The minimum atomic E-state index is -1.82. The highest BCUT2D eigenvalue weighted by molar-refractivity contribution is 6.27. The number of ether oxygens (including phenoxy) is 4. The summed E-state index contributed by atoms with van der Waals surface area (Å²) in [6.45, 7) is 10.2. The van der Waals surface area contributed by atoms with E-state index in [1.807, 2.05) is 24.3 Å². The number of carboxylic acid groups (broad SMARTS) is 2. The minimum absolute atomic E-state index is 0.541. The second-order valence-corrected chi connectivity index (χ2v) is 5.99. The Balaban J connectivity index is 0.000000612. The molecule has 1 aromatic carbocycles. The fourth-order valence-electron chi connectivity index (χ4n) is 2.47. The molecule has 0 aromatic heterocycles. The summed E-state index contributed by atoms with van der Waals surface area (Å²) in [6, 6.07) is 5.82. The smallest absolute Gasteiger partial charge is 0.414 e. The average molecular weight is 411 g/mol. The molecule has 1 aromatic rings. The van der Waals surface area contributed by atoms with Gasteiger partial charge in [-0.25, -0.2) is 9.59 Å². The summed E-state index contributed by atoms with van der Waals surface area (Å²) >= 11 is 0. The van der Waals surface area contributed by atoms with Crippen LogP contribution in [0.2, 0.25) is 0 Å². The molecule has 2 N–H and O–H groups in total. The molecule has 0 aliphatic carbocycles. The molecule has 0 amide bonds. The fourth-order valence-corrected chi connectivity index (χ4v) is 2.47. The van der Waals surface area contributed by atoms with Gasteiger partial charge in [0.05, 0.1) is 33.5 Å². The molecule has 1 saturated heterocycles. The Morgan fingerprint density at radius 3 is 2.45 bits per heavy atom. The largest absolute Gasteiger partial charge is 0.497 e. The number of aliphatic carboxylic acids is 2. The third kappa shape index (κ3) is 10.5. The van der Waals surface area contributed by atoms with Crippen LogP contribution in [0, 0.1) is 0 Å². The van der Waals surface area contributed by atoms with Crippen molar-refractivity contribution in [2.75, 3.05) is 59.8 Å². The highest BCUT2D eigenvalue weighted by Crippen LogP contribution is 2.24. The summed E-state index contributed by atoms with van der Waals surface area (Å²) in [5.74, 6) is -1.96. The van der Waals surface area contributed by atoms with Crippen molar-refractivity contribution in [1.82, 2.24) is 4.90 Å². The Hall–Kier alpha value is -2.62. The number of rotatable bonds is 10. The van der Waals surface area contributed by atoms with Crippen LogP contribution in [-0.2, 0) is 25.5 Å².